The highest BCUT2D eigenvalue weighted by Crippen LogP contribution is 2.26. The van der Waals surface area contributed by atoms with Crippen molar-refractivity contribution in [1.82, 2.24) is 0 Å². The van der Waals surface area contributed by atoms with Crippen LogP contribution in [0.2, 0.25) is 0 Å². The molecule has 0 aliphatic heterocycles. The summed E-state index contributed by atoms with van der Waals surface area (Å²) in [6.45, 7) is 6.42. The van der Waals surface area contributed by atoms with Gasteiger partial charge in [0.1, 0.15) is 5.75 Å². The molecule has 2 aromatic rings. The normalized spacial score (nSPS) is 10.7. The molecule has 0 heterocycles. The highest BCUT2D eigenvalue weighted by Gasteiger charge is 2.07. The summed E-state index contributed by atoms with van der Waals surface area (Å²) in [5.74, 6) is 0.989. The van der Waals surface area contributed by atoms with Crippen molar-refractivity contribution >= 4 is 27.5 Å². The summed E-state index contributed by atoms with van der Waals surface area (Å²) in [7, 11) is 0. The highest BCUT2D eigenvalue weighted by atomic mass is 79.9. The maximum Gasteiger partial charge on any atom is 0.262 e. The van der Waals surface area contributed by atoms with Gasteiger partial charge in [0.15, 0.2) is 6.61 Å². The summed E-state index contributed by atoms with van der Waals surface area (Å²) < 4.78 is 6.48. The van der Waals surface area contributed by atoms with Crippen LogP contribution in [0.15, 0.2) is 46.9 Å². The zero-order valence-electron chi connectivity index (χ0n) is 14.4. The van der Waals surface area contributed by atoms with E-state index in [-0.39, 0.29) is 12.5 Å². The van der Waals surface area contributed by atoms with Crippen LogP contribution in [-0.4, -0.2) is 12.5 Å². The molecular weight excluding hydrogens is 366 g/mol. The summed E-state index contributed by atoms with van der Waals surface area (Å²) in [6.07, 6.45) is 2.14. The van der Waals surface area contributed by atoms with Crippen molar-refractivity contribution in [3.63, 3.8) is 0 Å². The first-order chi connectivity index (χ1) is 11.5. The number of rotatable bonds is 7. The first-order valence-corrected chi connectivity index (χ1v) is 9.10. The highest BCUT2D eigenvalue weighted by molar-refractivity contribution is 9.10. The van der Waals surface area contributed by atoms with Gasteiger partial charge in [-0.15, -0.1) is 0 Å². The molecule has 0 saturated carbocycles. The topological polar surface area (TPSA) is 38.3 Å². The van der Waals surface area contributed by atoms with Crippen molar-refractivity contribution in [2.45, 2.75) is 39.5 Å². The van der Waals surface area contributed by atoms with Crippen molar-refractivity contribution < 1.29 is 9.53 Å². The molecule has 0 fully saturated rings. The number of ether oxygens (including phenoxy) is 1. The molecule has 24 heavy (non-hydrogen) atoms. The molecular formula is C20H24BrNO2. The van der Waals surface area contributed by atoms with E-state index in [1.54, 1.807) is 0 Å². The Kier molecular flexibility index (Phi) is 6.85. The van der Waals surface area contributed by atoms with E-state index in [0.29, 0.717) is 11.7 Å². The second-order valence-electron chi connectivity index (χ2n) is 6.13. The van der Waals surface area contributed by atoms with Gasteiger partial charge in [0, 0.05) is 5.69 Å². The average Bonchev–Trinajstić information content (AvgIpc) is 2.55. The Hall–Kier alpha value is -1.81. The van der Waals surface area contributed by atoms with Gasteiger partial charge in [0.05, 0.1) is 4.47 Å². The van der Waals surface area contributed by atoms with E-state index in [1.807, 2.05) is 42.5 Å². The zero-order chi connectivity index (χ0) is 17.5. The smallest absolute Gasteiger partial charge is 0.262 e. The first-order valence-electron chi connectivity index (χ1n) is 8.30. The third-order valence-corrected chi connectivity index (χ3v) is 4.37. The van der Waals surface area contributed by atoms with E-state index in [1.165, 1.54) is 11.1 Å². The number of benzene rings is 2. The van der Waals surface area contributed by atoms with Crippen LogP contribution in [-0.2, 0) is 11.2 Å². The van der Waals surface area contributed by atoms with Gasteiger partial charge in [0.2, 0.25) is 0 Å². The molecule has 0 aliphatic carbocycles. The fourth-order valence-electron chi connectivity index (χ4n) is 2.40. The Morgan fingerprint density at radius 2 is 1.88 bits per heavy atom. The van der Waals surface area contributed by atoms with Gasteiger partial charge in [-0.25, -0.2) is 0 Å². The lowest BCUT2D eigenvalue weighted by molar-refractivity contribution is -0.118. The van der Waals surface area contributed by atoms with Crippen LogP contribution in [0.5, 0.6) is 5.75 Å². The van der Waals surface area contributed by atoms with Crippen molar-refractivity contribution in [2.75, 3.05) is 11.9 Å². The maximum atomic E-state index is 12.0. The van der Waals surface area contributed by atoms with Crippen LogP contribution in [0.25, 0.3) is 0 Å². The fourth-order valence-corrected chi connectivity index (χ4v) is 2.94. The van der Waals surface area contributed by atoms with Crippen molar-refractivity contribution in [2.24, 2.45) is 0 Å². The minimum atomic E-state index is -0.170. The zero-order valence-corrected chi connectivity index (χ0v) is 16.0. The predicted octanol–water partition coefficient (Wildman–Crippen LogP) is 5.54. The van der Waals surface area contributed by atoms with Crippen LogP contribution in [0, 0.1) is 0 Å². The average molecular weight is 390 g/mol. The number of anilines is 1. The second-order valence-corrected chi connectivity index (χ2v) is 6.98. The lowest BCUT2D eigenvalue weighted by Gasteiger charge is -2.11. The van der Waals surface area contributed by atoms with E-state index >= 15 is 0 Å². The number of halogens is 1. The largest absolute Gasteiger partial charge is 0.483 e. The van der Waals surface area contributed by atoms with Gasteiger partial charge in [-0.05, 0) is 63.7 Å². The number of amides is 1. The summed E-state index contributed by atoms with van der Waals surface area (Å²) >= 11 is 3.50. The molecule has 0 aliphatic rings. The van der Waals surface area contributed by atoms with Crippen LogP contribution in [0.3, 0.4) is 0 Å². The van der Waals surface area contributed by atoms with Crippen molar-refractivity contribution in [3.8, 4) is 5.75 Å². The van der Waals surface area contributed by atoms with Gasteiger partial charge < -0.3 is 10.1 Å². The number of hydrogen-bond donors (Lipinski definition) is 1. The summed E-state index contributed by atoms with van der Waals surface area (Å²) in [6, 6.07) is 13.9. The van der Waals surface area contributed by atoms with Gasteiger partial charge in [0.25, 0.3) is 5.91 Å². The minimum absolute atomic E-state index is 0.0162. The molecule has 0 atom stereocenters. The third-order valence-electron chi connectivity index (χ3n) is 3.75. The number of carbonyl (C=O) groups is 1. The lowest BCUT2D eigenvalue weighted by Crippen LogP contribution is -2.20. The van der Waals surface area contributed by atoms with E-state index in [0.717, 1.165) is 23.0 Å². The standard InChI is InChI=1S/C20H24BrNO2/c1-4-5-15-6-11-19(18(21)12-15)24-13-20(23)22-17-9-7-16(8-10-17)14(2)3/h6-12,14H,4-5,13H2,1-3H3,(H,22,23). The molecule has 1 amide bonds. The quantitative estimate of drug-likeness (QED) is 0.674. The number of hydrogen-bond acceptors (Lipinski definition) is 2. The SMILES string of the molecule is CCCc1ccc(OCC(=O)Nc2ccc(C(C)C)cc2)c(Br)c1. The van der Waals surface area contributed by atoms with E-state index in [4.69, 9.17) is 4.74 Å². The Bertz CT molecular complexity index is 681. The Balaban J connectivity index is 1.89. The maximum absolute atomic E-state index is 12.0. The molecule has 2 aromatic carbocycles. The van der Waals surface area contributed by atoms with Gasteiger partial charge in [-0.3, -0.25) is 4.79 Å². The molecule has 0 saturated heterocycles. The van der Waals surface area contributed by atoms with E-state index < -0.39 is 0 Å². The molecule has 0 radical (unpaired) electrons. The predicted molar refractivity (Wildman–Crippen MR) is 103 cm³/mol. The van der Waals surface area contributed by atoms with Gasteiger partial charge >= 0.3 is 0 Å². The molecule has 0 aromatic heterocycles. The van der Waals surface area contributed by atoms with Gasteiger partial charge in [-0.1, -0.05) is 45.4 Å². The Morgan fingerprint density at radius 1 is 1.17 bits per heavy atom. The lowest BCUT2D eigenvalue weighted by atomic mass is 10.0. The molecule has 0 bridgehead atoms. The fraction of sp³-hybridized carbons (Fsp3) is 0.350. The molecule has 4 heteroatoms. The van der Waals surface area contributed by atoms with Crippen molar-refractivity contribution in [1.29, 1.82) is 0 Å². The summed E-state index contributed by atoms with van der Waals surface area (Å²) in [4.78, 5) is 12.0. The van der Waals surface area contributed by atoms with Crippen LogP contribution in [0.1, 0.15) is 44.2 Å². The van der Waals surface area contributed by atoms with E-state index in [2.05, 4.69) is 42.0 Å². The van der Waals surface area contributed by atoms with Crippen molar-refractivity contribution in [3.05, 3.63) is 58.1 Å². The summed E-state index contributed by atoms with van der Waals surface area (Å²) in [5, 5.41) is 2.85. The Morgan fingerprint density at radius 3 is 2.46 bits per heavy atom. The second kappa shape index (κ2) is 8.88. The monoisotopic (exact) mass is 389 g/mol. The molecule has 0 spiro atoms. The number of nitrogens with one attached hydrogen (secondary N) is 1. The molecule has 2 rings (SSSR count). The first kappa shape index (κ1) is 18.5. The third kappa shape index (κ3) is 5.38. The van der Waals surface area contributed by atoms with Crippen LogP contribution < -0.4 is 10.1 Å². The molecule has 1 N–H and O–H groups in total. The Labute approximate surface area is 152 Å². The van der Waals surface area contributed by atoms with E-state index in [9.17, 15) is 4.79 Å². The van der Waals surface area contributed by atoms with Crippen LogP contribution in [0.4, 0.5) is 5.69 Å². The minimum Gasteiger partial charge on any atom is -0.483 e. The van der Waals surface area contributed by atoms with Crippen LogP contribution >= 0.6 is 15.9 Å². The molecule has 3 nitrogen and oxygen atoms in total. The number of carbonyl (C=O) groups excluding carboxylic acids is 1. The number of aryl methyl sites for hydroxylation is 1. The molecule has 0 unspecified atom stereocenters. The summed E-state index contributed by atoms with van der Waals surface area (Å²) in [5.41, 5.74) is 3.29. The molecule has 128 valence electrons. The van der Waals surface area contributed by atoms with Gasteiger partial charge in [-0.2, -0.15) is 0 Å².